The molecule has 0 radical (unpaired) electrons. The molecule has 2 rings (SSSR count). The summed E-state index contributed by atoms with van der Waals surface area (Å²) in [6.07, 6.45) is 6.83. The van der Waals surface area contributed by atoms with Crippen LogP contribution in [0.1, 0.15) is 52.9 Å². The minimum absolute atomic E-state index is 0.499. The van der Waals surface area contributed by atoms with Gasteiger partial charge in [0.1, 0.15) is 0 Å². The molecule has 2 fully saturated rings. The quantitative estimate of drug-likeness (QED) is 0.829. The average Bonchev–Trinajstić information content (AvgIpc) is 2.94. The lowest BCUT2D eigenvalue weighted by Gasteiger charge is -2.45. The van der Waals surface area contributed by atoms with Crippen LogP contribution in [-0.4, -0.2) is 49.3 Å². The summed E-state index contributed by atoms with van der Waals surface area (Å²) in [5, 5.41) is 3.78. The van der Waals surface area contributed by atoms with Gasteiger partial charge in [-0.15, -0.1) is 0 Å². The Morgan fingerprint density at radius 1 is 1.32 bits per heavy atom. The highest BCUT2D eigenvalue weighted by molar-refractivity contribution is 4.94. The second kappa shape index (κ2) is 7.05. The first kappa shape index (κ1) is 15.3. The van der Waals surface area contributed by atoms with Gasteiger partial charge in [-0.25, -0.2) is 0 Å². The van der Waals surface area contributed by atoms with Crippen molar-refractivity contribution in [3.63, 3.8) is 0 Å². The van der Waals surface area contributed by atoms with Gasteiger partial charge in [0, 0.05) is 38.3 Å². The molecule has 5 atom stereocenters. The first-order chi connectivity index (χ1) is 9.19. The van der Waals surface area contributed by atoms with Crippen LogP contribution >= 0.6 is 0 Å². The Hall–Kier alpha value is -0.120. The van der Waals surface area contributed by atoms with Crippen molar-refractivity contribution in [2.75, 3.05) is 20.2 Å². The molecule has 112 valence electrons. The summed E-state index contributed by atoms with van der Waals surface area (Å²) >= 11 is 0. The molecule has 1 saturated heterocycles. The predicted molar refractivity (Wildman–Crippen MR) is 80.5 cm³/mol. The predicted octanol–water partition coefficient (Wildman–Crippen LogP) is 2.65. The van der Waals surface area contributed by atoms with Crippen LogP contribution in [0.15, 0.2) is 0 Å². The number of methoxy groups -OCH3 is 1. The molecular formula is C16H32N2O. The van der Waals surface area contributed by atoms with E-state index in [1.807, 2.05) is 7.11 Å². The largest absolute Gasteiger partial charge is 0.381 e. The Bertz CT molecular complexity index is 271. The topological polar surface area (TPSA) is 24.5 Å². The molecule has 0 spiro atoms. The standard InChI is InChI=1S/C16H32N2O/c1-5-12(3)16-11-18(13(6-2)10-17-16)14-7-8-15(9-14)19-4/h12-17H,5-11H2,1-4H3. The Kier molecular flexibility index (Phi) is 5.67. The summed E-state index contributed by atoms with van der Waals surface area (Å²) in [5.74, 6) is 0.778. The summed E-state index contributed by atoms with van der Waals surface area (Å²) in [6, 6.07) is 2.15. The average molecular weight is 268 g/mol. The number of ether oxygens (including phenoxy) is 1. The van der Waals surface area contributed by atoms with Crippen LogP contribution in [0.5, 0.6) is 0 Å². The van der Waals surface area contributed by atoms with Crippen LogP contribution in [0, 0.1) is 5.92 Å². The van der Waals surface area contributed by atoms with Crippen LogP contribution in [-0.2, 0) is 4.74 Å². The van der Waals surface area contributed by atoms with E-state index in [4.69, 9.17) is 4.74 Å². The van der Waals surface area contributed by atoms with E-state index in [1.54, 1.807) is 0 Å². The zero-order valence-corrected chi connectivity index (χ0v) is 13.2. The van der Waals surface area contributed by atoms with Gasteiger partial charge in [0.15, 0.2) is 0 Å². The summed E-state index contributed by atoms with van der Waals surface area (Å²) in [5.41, 5.74) is 0. The fourth-order valence-corrected chi connectivity index (χ4v) is 3.77. The van der Waals surface area contributed by atoms with Crippen LogP contribution in [0.3, 0.4) is 0 Å². The van der Waals surface area contributed by atoms with E-state index in [1.165, 1.54) is 45.2 Å². The van der Waals surface area contributed by atoms with E-state index in [0.29, 0.717) is 12.1 Å². The maximum atomic E-state index is 5.55. The third-order valence-electron chi connectivity index (χ3n) is 5.45. The van der Waals surface area contributed by atoms with Crippen LogP contribution in [0.25, 0.3) is 0 Å². The molecule has 1 aliphatic carbocycles. The van der Waals surface area contributed by atoms with E-state index >= 15 is 0 Å². The Morgan fingerprint density at radius 3 is 2.68 bits per heavy atom. The third kappa shape index (κ3) is 3.50. The zero-order chi connectivity index (χ0) is 13.8. The van der Waals surface area contributed by atoms with E-state index in [-0.39, 0.29) is 0 Å². The van der Waals surface area contributed by atoms with Gasteiger partial charge in [-0.3, -0.25) is 4.90 Å². The fraction of sp³-hybridized carbons (Fsp3) is 1.00. The van der Waals surface area contributed by atoms with Gasteiger partial charge in [0.25, 0.3) is 0 Å². The molecule has 3 heteroatoms. The smallest absolute Gasteiger partial charge is 0.0586 e. The molecule has 1 saturated carbocycles. The molecule has 2 aliphatic rings. The molecule has 1 aliphatic heterocycles. The lowest BCUT2D eigenvalue weighted by Crippen LogP contribution is -2.60. The number of nitrogens with zero attached hydrogens (tertiary/aromatic N) is 1. The monoisotopic (exact) mass is 268 g/mol. The molecular weight excluding hydrogens is 236 g/mol. The minimum atomic E-state index is 0.499. The molecule has 3 nitrogen and oxygen atoms in total. The highest BCUT2D eigenvalue weighted by atomic mass is 16.5. The maximum Gasteiger partial charge on any atom is 0.0586 e. The van der Waals surface area contributed by atoms with E-state index in [0.717, 1.165) is 18.0 Å². The van der Waals surface area contributed by atoms with Crippen molar-refractivity contribution in [2.24, 2.45) is 5.92 Å². The fourth-order valence-electron chi connectivity index (χ4n) is 3.77. The van der Waals surface area contributed by atoms with Crippen molar-refractivity contribution in [1.82, 2.24) is 10.2 Å². The molecule has 1 heterocycles. The van der Waals surface area contributed by atoms with E-state index in [9.17, 15) is 0 Å². The third-order valence-corrected chi connectivity index (χ3v) is 5.45. The molecule has 0 aromatic carbocycles. The van der Waals surface area contributed by atoms with Gasteiger partial charge in [0.05, 0.1) is 6.10 Å². The van der Waals surface area contributed by atoms with E-state index in [2.05, 4.69) is 31.0 Å². The number of hydrogen-bond donors (Lipinski definition) is 1. The zero-order valence-electron chi connectivity index (χ0n) is 13.2. The highest BCUT2D eigenvalue weighted by Gasteiger charge is 2.37. The Balaban J connectivity index is 1.98. The summed E-state index contributed by atoms with van der Waals surface area (Å²) in [6.45, 7) is 9.41. The number of piperazine rings is 1. The second-order valence-corrected chi connectivity index (χ2v) is 6.48. The molecule has 5 unspecified atom stereocenters. The van der Waals surface area contributed by atoms with Gasteiger partial charge < -0.3 is 10.1 Å². The van der Waals surface area contributed by atoms with Gasteiger partial charge >= 0.3 is 0 Å². The Morgan fingerprint density at radius 2 is 2.11 bits per heavy atom. The summed E-state index contributed by atoms with van der Waals surface area (Å²) in [7, 11) is 1.87. The van der Waals surface area contributed by atoms with Gasteiger partial charge in [-0.05, 0) is 31.6 Å². The first-order valence-corrected chi connectivity index (χ1v) is 8.21. The van der Waals surface area contributed by atoms with E-state index < -0.39 is 0 Å². The van der Waals surface area contributed by atoms with Crippen molar-refractivity contribution in [2.45, 2.75) is 77.1 Å². The normalized spacial score (nSPS) is 38.5. The lowest BCUT2D eigenvalue weighted by atomic mass is 9.93. The van der Waals surface area contributed by atoms with Crippen LogP contribution in [0.4, 0.5) is 0 Å². The van der Waals surface area contributed by atoms with Crippen molar-refractivity contribution >= 4 is 0 Å². The van der Waals surface area contributed by atoms with Crippen molar-refractivity contribution in [3.8, 4) is 0 Å². The van der Waals surface area contributed by atoms with Crippen molar-refractivity contribution < 1.29 is 4.74 Å². The molecule has 0 aromatic heterocycles. The molecule has 0 bridgehead atoms. The van der Waals surface area contributed by atoms with Crippen LogP contribution in [0.2, 0.25) is 0 Å². The molecule has 1 N–H and O–H groups in total. The first-order valence-electron chi connectivity index (χ1n) is 8.21. The molecule has 0 aromatic rings. The highest BCUT2D eigenvalue weighted by Crippen LogP contribution is 2.30. The Labute approximate surface area is 119 Å². The van der Waals surface area contributed by atoms with Crippen LogP contribution < -0.4 is 5.32 Å². The number of nitrogens with one attached hydrogen (secondary N) is 1. The SMILES string of the molecule is CCC(C)C1CN(C2CCC(OC)C2)C(CC)CN1. The maximum absolute atomic E-state index is 5.55. The summed E-state index contributed by atoms with van der Waals surface area (Å²) < 4.78 is 5.55. The van der Waals surface area contributed by atoms with Gasteiger partial charge in [-0.2, -0.15) is 0 Å². The number of rotatable bonds is 5. The van der Waals surface area contributed by atoms with Gasteiger partial charge in [-0.1, -0.05) is 27.2 Å². The summed E-state index contributed by atoms with van der Waals surface area (Å²) in [4.78, 5) is 2.80. The second-order valence-electron chi connectivity index (χ2n) is 6.48. The van der Waals surface area contributed by atoms with Crippen molar-refractivity contribution in [1.29, 1.82) is 0 Å². The van der Waals surface area contributed by atoms with Crippen molar-refractivity contribution in [3.05, 3.63) is 0 Å². The lowest BCUT2D eigenvalue weighted by molar-refractivity contribution is 0.0515. The number of hydrogen-bond acceptors (Lipinski definition) is 3. The molecule has 0 amide bonds. The minimum Gasteiger partial charge on any atom is -0.381 e. The van der Waals surface area contributed by atoms with Gasteiger partial charge in [0.2, 0.25) is 0 Å². The molecule has 19 heavy (non-hydrogen) atoms.